The Balaban J connectivity index is 1.38. The standard InChI is InChI=1S/C41H32N6O2/c48-27-36(28-13-5-1-6-14-28)45-40(49)39-43-34-25-33-37(26-35(34)44-39)47(46-38(33)29-21-23-42-24-22-29)41(30-15-7-2-8-16-30,31-17-9-3-10-18-31)32-19-11-4-12-20-32/h1-26,36,46,48H,27H2,(H,45,49). The quantitative estimate of drug-likeness (QED) is 0.144. The molecule has 0 fully saturated rings. The van der Waals surface area contributed by atoms with E-state index in [0.29, 0.717) is 11.0 Å². The second-order valence-electron chi connectivity index (χ2n) is 11.9. The highest BCUT2D eigenvalue weighted by Crippen LogP contribution is 2.44. The zero-order valence-corrected chi connectivity index (χ0v) is 26.4. The number of hydrogen-bond acceptors (Lipinski definition) is 5. The summed E-state index contributed by atoms with van der Waals surface area (Å²) in [6.07, 6.45) is 3.55. The smallest absolute Gasteiger partial charge is 0.289 e. The van der Waals surface area contributed by atoms with Gasteiger partial charge in [-0.3, -0.25) is 19.6 Å². The van der Waals surface area contributed by atoms with Gasteiger partial charge in [0.1, 0.15) is 5.54 Å². The number of carbonyl (C=O) groups is 1. The van der Waals surface area contributed by atoms with E-state index in [1.165, 1.54) is 0 Å². The SMILES string of the molecule is O=C(NC(CO)c1ccccc1)c1nc2cc3c(-c4ccncc4)[nH]n(C(c4ccccc4)(c4ccccc4)c4ccccc4)c3cc2n1. The molecule has 1 atom stereocenters. The highest BCUT2D eigenvalue weighted by atomic mass is 16.3. The van der Waals surface area contributed by atoms with Gasteiger partial charge in [0.05, 0.1) is 34.9 Å². The van der Waals surface area contributed by atoms with Gasteiger partial charge in [0.25, 0.3) is 5.91 Å². The predicted octanol–water partition coefficient (Wildman–Crippen LogP) is 7.28. The largest absolute Gasteiger partial charge is 0.394 e. The number of hydrogen-bond donors (Lipinski definition) is 3. The summed E-state index contributed by atoms with van der Waals surface area (Å²) >= 11 is 0. The van der Waals surface area contributed by atoms with E-state index < -0.39 is 17.5 Å². The summed E-state index contributed by atoms with van der Waals surface area (Å²) in [5.41, 5.74) is 7.03. The van der Waals surface area contributed by atoms with Gasteiger partial charge in [-0.15, -0.1) is 0 Å². The van der Waals surface area contributed by atoms with Gasteiger partial charge < -0.3 is 10.4 Å². The molecule has 3 aromatic heterocycles. The minimum absolute atomic E-state index is 0.0402. The Kier molecular flexibility index (Phi) is 7.75. The summed E-state index contributed by atoms with van der Waals surface area (Å²) in [5, 5.41) is 17.7. The predicted molar refractivity (Wildman–Crippen MR) is 191 cm³/mol. The maximum Gasteiger partial charge on any atom is 0.289 e. The number of fused-ring (bicyclic) bond motifs is 2. The van der Waals surface area contributed by atoms with Crippen LogP contribution in [-0.4, -0.2) is 42.4 Å². The van der Waals surface area contributed by atoms with Crippen LogP contribution in [0.5, 0.6) is 0 Å². The fourth-order valence-electron chi connectivity index (χ4n) is 6.79. The van der Waals surface area contributed by atoms with E-state index >= 15 is 0 Å². The van der Waals surface area contributed by atoms with Gasteiger partial charge in [0.15, 0.2) is 0 Å². The van der Waals surface area contributed by atoms with Gasteiger partial charge >= 0.3 is 0 Å². The number of aliphatic hydroxyl groups excluding tert-OH is 1. The lowest BCUT2D eigenvalue weighted by Gasteiger charge is -2.37. The molecule has 8 nitrogen and oxygen atoms in total. The Labute approximate surface area is 282 Å². The van der Waals surface area contributed by atoms with Crippen molar-refractivity contribution in [2.75, 3.05) is 6.61 Å². The van der Waals surface area contributed by atoms with Crippen molar-refractivity contribution in [3.63, 3.8) is 0 Å². The number of aromatic nitrogens is 5. The summed E-state index contributed by atoms with van der Waals surface area (Å²) in [7, 11) is 0. The van der Waals surface area contributed by atoms with Gasteiger partial charge in [-0.1, -0.05) is 121 Å². The minimum Gasteiger partial charge on any atom is -0.394 e. The average Bonchev–Trinajstić information content (AvgIpc) is 3.77. The number of aromatic amines is 1. The summed E-state index contributed by atoms with van der Waals surface area (Å²) < 4.78 is 2.21. The first-order chi connectivity index (χ1) is 24.2. The van der Waals surface area contributed by atoms with Crippen LogP contribution in [-0.2, 0) is 5.54 Å². The van der Waals surface area contributed by atoms with E-state index in [0.717, 1.165) is 44.4 Å². The van der Waals surface area contributed by atoms with Crippen molar-refractivity contribution in [1.82, 2.24) is 30.0 Å². The Bertz CT molecular complexity index is 2260. The third-order valence-electron chi connectivity index (χ3n) is 9.05. The van der Waals surface area contributed by atoms with Crippen molar-refractivity contribution < 1.29 is 9.90 Å². The molecule has 8 rings (SSSR count). The van der Waals surface area contributed by atoms with E-state index in [1.54, 1.807) is 12.4 Å². The summed E-state index contributed by atoms with van der Waals surface area (Å²) in [6.45, 7) is -0.254. The second-order valence-corrected chi connectivity index (χ2v) is 11.9. The molecule has 0 bridgehead atoms. The number of rotatable bonds is 9. The van der Waals surface area contributed by atoms with Crippen molar-refractivity contribution >= 4 is 27.8 Å². The van der Waals surface area contributed by atoms with E-state index in [-0.39, 0.29) is 12.4 Å². The van der Waals surface area contributed by atoms with E-state index in [9.17, 15) is 9.90 Å². The molecule has 1 unspecified atom stereocenters. The third kappa shape index (κ3) is 5.24. The summed E-state index contributed by atoms with van der Waals surface area (Å²) in [4.78, 5) is 27.2. The Hall–Kier alpha value is -6.38. The molecule has 0 saturated carbocycles. The zero-order valence-electron chi connectivity index (χ0n) is 26.4. The van der Waals surface area contributed by atoms with Gasteiger partial charge in [-0.05, 0) is 46.5 Å². The first kappa shape index (κ1) is 30.0. The van der Waals surface area contributed by atoms with Crippen molar-refractivity contribution in [2.45, 2.75) is 11.6 Å². The Morgan fingerprint density at radius 2 is 1.22 bits per heavy atom. The molecule has 0 radical (unpaired) electrons. The van der Waals surface area contributed by atoms with E-state index in [4.69, 9.17) is 4.98 Å². The number of H-pyrrole nitrogens is 1. The molecule has 5 aromatic carbocycles. The van der Waals surface area contributed by atoms with Crippen LogP contribution in [0.4, 0.5) is 0 Å². The molecule has 0 aliphatic carbocycles. The molecule has 0 spiro atoms. The molecule has 0 saturated heterocycles. The third-order valence-corrected chi connectivity index (χ3v) is 9.05. The highest BCUT2D eigenvalue weighted by molar-refractivity contribution is 6.03. The van der Waals surface area contributed by atoms with Crippen molar-refractivity contribution in [1.29, 1.82) is 0 Å². The van der Waals surface area contributed by atoms with Crippen molar-refractivity contribution in [3.05, 3.63) is 186 Å². The molecule has 3 heterocycles. The monoisotopic (exact) mass is 640 g/mol. The molecule has 49 heavy (non-hydrogen) atoms. The van der Waals surface area contributed by atoms with Gasteiger partial charge in [-0.2, -0.15) is 0 Å². The van der Waals surface area contributed by atoms with E-state index in [1.807, 2.05) is 72.8 Å². The lowest BCUT2D eigenvalue weighted by molar-refractivity contribution is 0.0907. The van der Waals surface area contributed by atoms with Crippen LogP contribution < -0.4 is 5.32 Å². The van der Waals surface area contributed by atoms with Gasteiger partial charge in [0, 0.05) is 23.3 Å². The topological polar surface area (TPSA) is 109 Å². The summed E-state index contributed by atoms with van der Waals surface area (Å²) in [6, 6.07) is 48.1. The molecule has 1 amide bonds. The van der Waals surface area contributed by atoms with Crippen LogP contribution in [0, 0.1) is 0 Å². The number of nitrogens with one attached hydrogen (secondary N) is 2. The number of amides is 1. The first-order valence-corrected chi connectivity index (χ1v) is 16.1. The Morgan fingerprint density at radius 1 is 0.714 bits per heavy atom. The number of imidazole rings is 1. The van der Waals surface area contributed by atoms with Gasteiger partial charge in [0.2, 0.25) is 5.82 Å². The molecular weight excluding hydrogens is 608 g/mol. The fraction of sp³-hybridized carbons (Fsp3) is 0.0732. The minimum atomic E-state index is -0.828. The molecule has 8 aromatic rings. The lowest BCUT2D eigenvalue weighted by atomic mass is 9.77. The normalized spacial score (nSPS) is 12.3. The Morgan fingerprint density at radius 3 is 1.76 bits per heavy atom. The molecule has 238 valence electrons. The number of benzene rings is 5. The second kappa shape index (κ2) is 12.7. The lowest BCUT2D eigenvalue weighted by Crippen LogP contribution is -2.38. The fourth-order valence-corrected chi connectivity index (χ4v) is 6.79. The van der Waals surface area contributed by atoms with Gasteiger partial charge in [-0.25, -0.2) is 9.97 Å². The van der Waals surface area contributed by atoms with Crippen LogP contribution in [0.3, 0.4) is 0 Å². The van der Waals surface area contributed by atoms with Crippen molar-refractivity contribution in [2.24, 2.45) is 0 Å². The maximum atomic E-state index is 13.5. The maximum absolute atomic E-state index is 13.5. The average molecular weight is 641 g/mol. The van der Waals surface area contributed by atoms with Crippen LogP contribution in [0.25, 0.3) is 33.2 Å². The van der Waals surface area contributed by atoms with E-state index in [2.05, 4.69) is 97.9 Å². The van der Waals surface area contributed by atoms with Crippen LogP contribution in [0.1, 0.15) is 38.9 Å². The molecule has 0 aliphatic heterocycles. The number of aliphatic hydroxyl groups is 1. The first-order valence-electron chi connectivity index (χ1n) is 16.1. The highest BCUT2D eigenvalue weighted by Gasteiger charge is 2.40. The van der Waals surface area contributed by atoms with Crippen LogP contribution >= 0.6 is 0 Å². The number of nitrogens with zero attached hydrogens (tertiary/aromatic N) is 4. The molecule has 0 aliphatic rings. The molecular formula is C41H32N6O2. The number of carbonyl (C=O) groups excluding carboxylic acids is 1. The molecule has 3 N–H and O–H groups in total. The zero-order chi connectivity index (χ0) is 33.2. The van der Waals surface area contributed by atoms with Crippen molar-refractivity contribution in [3.8, 4) is 11.3 Å². The van der Waals surface area contributed by atoms with Crippen LogP contribution in [0.2, 0.25) is 0 Å². The molecule has 8 heteroatoms. The van der Waals surface area contributed by atoms with Crippen LogP contribution in [0.15, 0.2) is 158 Å². The summed E-state index contributed by atoms with van der Waals surface area (Å²) in [5.74, 6) is -0.418. The number of pyridine rings is 1.